The average molecular weight is 558 g/mol. The molecule has 11 heteroatoms. The molecule has 2 aromatic heterocycles. The number of halogens is 1. The van der Waals surface area contributed by atoms with Crippen molar-refractivity contribution in [2.24, 2.45) is 0 Å². The van der Waals surface area contributed by atoms with E-state index in [9.17, 15) is 14.0 Å². The van der Waals surface area contributed by atoms with Crippen molar-refractivity contribution in [3.63, 3.8) is 0 Å². The number of ether oxygens (including phenoxy) is 1. The van der Waals surface area contributed by atoms with Crippen LogP contribution in [0.4, 0.5) is 20.7 Å². The Hall–Kier alpha value is -4.77. The van der Waals surface area contributed by atoms with Crippen LogP contribution in [-0.4, -0.2) is 40.3 Å². The Bertz CT molecular complexity index is 1610. The lowest BCUT2D eigenvalue weighted by atomic mass is 9.92. The zero-order valence-corrected chi connectivity index (χ0v) is 23.3. The highest BCUT2D eigenvalue weighted by atomic mass is 19.1. The van der Waals surface area contributed by atoms with Crippen molar-refractivity contribution in [2.45, 2.75) is 39.2 Å². The van der Waals surface area contributed by atoms with E-state index in [1.807, 2.05) is 32.9 Å². The molecule has 0 bridgehead atoms. The first-order valence-electron chi connectivity index (χ1n) is 13.3. The molecule has 3 amide bonds. The van der Waals surface area contributed by atoms with Crippen LogP contribution in [0.3, 0.4) is 0 Å². The van der Waals surface area contributed by atoms with Gasteiger partial charge in [-0.2, -0.15) is 5.10 Å². The van der Waals surface area contributed by atoms with Crippen LogP contribution in [0.2, 0.25) is 0 Å². The van der Waals surface area contributed by atoms with Gasteiger partial charge in [0.25, 0.3) is 5.91 Å². The molecule has 1 aliphatic rings. The third-order valence-electron chi connectivity index (χ3n) is 6.66. The number of hydrogen-bond donors (Lipinski definition) is 4. The second-order valence-electron chi connectivity index (χ2n) is 10.7. The number of carbonyl (C=O) groups excluding carboxylic acids is 2. The number of pyridine rings is 1. The third-order valence-corrected chi connectivity index (χ3v) is 6.66. The van der Waals surface area contributed by atoms with E-state index in [4.69, 9.17) is 9.84 Å². The van der Waals surface area contributed by atoms with Crippen LogP contribution in [0.25, 0.3) is 5.69 Å². The Balaban J connectivity index is 1.33. The van der Waals surface area contributed by atoms with E-state index in [0.717, 1.165) is 37.0 Å². The van der Waals surface area contributed by atoms with E-state index in [2.05, 4.69) is 38.4 Å². The summed E-state index contributed by atoms with van der Waals surface area (Å²) >= 11 is 0. The second kappa shape index (κ2) is 11.4. The summed E-state index contributed by atoms with van der Waals surface area (Å²) in [5, 5.41) is 16.0. The summed E-state index contributed by atoms with van der Waals surface area (Å²) in [5.74, 6) is -0.0837. The number of nitrogens with one attached hydrogen (secondary N) is 4. The number of hydrogen-bond acceptors (Lipinski definition) is 6. The largest absolute Gasteiger partial charge is 0.457 e. The van der Waals surface area contributed by atoms with E-state index in [1.165, 1.54) is 42.6 Å². The van der Waals surface area contributed by atoms with Crippen LogP contribution in [0.15, 0.2) is 60.8 Å². The minimum Gasteiger partial charge on any atom is -0.457 e. The lowest BCUT2D eigenvalue weighted by Crippen LogP contribution is -2.24. The van der Waals surface area contributed by atoms with Gasteiger partial charge in [-0.05, 0) is 54.4 Å². The molecule has 2 aromatic carbocycles. The Morgan fingerprint density at radius 3 is 2.56 bits per heavy atom. The smallest absolute Gasteiger partial charge is 0.324 e. The summed E-state index contributed by atoms with van der Waals surface area (Å²) in [6, 6.07) is 14.4. The van der Waals surface area contributed by atoms with Gasteiger partial charge in [0, 0.05) is 43.4 Å². The molecule has 4 aromatic rings. The Morgan fingerprint density at radius 2 is 1.80 bits per heavy atom. The highest BCUT2D eigenvalue weighted by Gasteiger charge is 2.22. The number of benzene rings is 2. The summed E-state index contributed by atoms with van der Waals surface area (Å²) in [6.45, 7) is 7.88. The van der Waals surface area contributed by atoms with Crippen molar-refractivity contribution in [1.82, 2.24) is 25.4 Å². The van der Waals surface area contributed by atoms with Gasteiger partial charge in [-0.15, -0.1) is 0 Å². The van der Waals surface area contributed by atoms with Gasteiger partial charge in [-0.1, -0.05) is 26.8 Å². The van der Waals surface area contributed by atoms with Crippen molar-refractivity contribution in [2.75, 3.05) is 24.2 Å². The average Bonchev–Trinajstić information content (AvgIpc) is 3.38. The Labute approximate surface area is 237 Å². The van der Waals surface area contributed by atoms with Crippen molar-refractivity contribution in [3.8, 4) is 17.2 Å². The molecule has 0 fully saturated rings. The van der Waals surface area contributed by atoms with Crippen molar-refractivity contribution < 1.29 is 18.7 Å². The highest BCUT2D eigenvalue weighted by molar-refractivity contribution is 5.99. The zero-order valence-electron chi connectivity index (χ0n) is 23.3. The van der Waals surface area contributed by atoms with Gasteiger partial charge in [-0.3, -0.25) is 15.1 Å². The molecule has 0 atom stereocenters. The second-order valence-corrected chi connectivity index (χ2v) is 10.7. The Kier molecular flexibility index (Phi) is 7.71. The lowest BCUT2D eigenvalue weighted by Gasteiger charge is -2.18. The van der Waals surface area contributed by atoms with Crippen molar-refractivity contribution in [1.29, 1.82) is 0 Å². The van der Waals surface area contributed by atoms with Crippen LogP contribution in [0, 0.1) is 5.82 Å². The monoisotopic (exact) mass is 557 g/mol. The number of aromatic nitrogens is 3. The van der Waals surface area contributed by atoms with Gasteiger partial charge in [0.15, 0.2) is 0 Å². The molecule has 41 heavy (non-hydrogen) atoms. The molecular weight excluding hydrogens is 525 g/mol. The summed E-state index contributed by atoms with van der Waals surface area (Å²) < 4.78 is 22.3. The molecule has 0 saturated heterocycles. The minimum atomic E-state index is -0.689. The van der Waals surface area contributed by atoms with E-state index in [-0.39, 0.29) is 28.5 Å². The molecule has 0 spiro atoms. The molecule has 212 valence electrons. The fraction of sp³-hybridized carbons (Fsp3) is 0.267. The van der Waals surface area contributed by atoms with Crippen LogP contribution < -0.4 is 26.0 Å². The van der Waals surface area contributed by atoms with Crippen molar-refractivity contribution in [3.05, 3.63) is 89.1 Å². The van der Waals surface area contributed by atoms with Crippen LogP contribution in [-0.2, 0) is 18.4 Å². The van der Waals surface area contributed by atoms with E-state index in [1.54, 1.807) is 10.7 Å². The lowest BCUT2D eigenvalue weighted by molar-refractivity contribution is 0.0957. The number of anilines is 2. The van der Waals surface area contributed by atoms with Gasteiger partial charge in [0.05, 0.1) is 17.1 Å². The normalized spacial score (nSPS) is 12.8. The molecule has 1 aliphatic heterocycles. The number of fused-ring (bicyclic) bond motifs is 1. The summed E-state index contributed by atoms with van der Waals surface area (Å²) in [6.07, 6.45) is 2.34. The summed E-state index contributed by atoms with van der Waals surface area (Å²) in [4.78, 5) is 28.8. The Morgan fingerprint density at radius 1 is 1.00 bits per heavy atom. The fourth-order valence-corrected chi connectivity index (χ4v) is 4.42. The summed E-state index contributed by atoms with van der Waals surface area (Å²) in [5.41, 5.74) is 4.00. The SMILES string of the molecule is CNC(=O)c1cc(Oc2ccc(NC(=O)Nc3cc(C(C)(C)C)nn3-c3ccc4c(c3)CCNC4)c(F)c2)ccn1. The standard InChI is InChI=1S/C30H32FN7O3/c1-30(2,3)26-16-27(38(37-26)20-6-5-19-17-33-11-9-18(19)13-20)36-29(40)35-24-8-7-21(14-23(24)31)41-22-10-12-34-25(15-22)28(39)32-4/h5-8,10,12-16,33H,9,11,17H2,1-4H3,(H,32,39)(H2,35,36,40). The first kappa shape index (κ1) is 27.8. The quantitative estimate of drug-likeness (QED) is 0.260. The first-order valence-corrected chi connectivity index (χ1v) is 13.3. The number of amides is 3. The molecule has 3 heterocycles. The minimum absolute atomic E-state index is 0.0287. The van der Waals surface area contributed by atoms with Gasteiger partial charge in [0.1, 0.15) is 28.8 Å². The number of rotatable bonds is 6. The van der Waals surface area contributed by atoms with Gasteiger partial charge >= 0.3 is 6.03 Å². The van der Waals surface area contributed by atoms with E-state index >= 15 is 0 Å². The highest BCUT2D eigenvalue weighted by Crippen LogP contribution is 2.29. The van der Waals surface area contributed by atoms with E-state index in [0.29, 0.717) is 11.6 Å². The molecule has 0 radical (unpaired) electrons. The number of carbonyl (C=O) groups is 2. The maximum Gasteiger partial charge on any atom is 0.324 e. The van der Waals surface area contributed by atoms with Crippen LogP contribution in [0.1, 0.15) is 48.1 Å². The fourth-order valence-electron chi connectivity index (χ4n) is 4.42. The van der Waals surface area contributed by atoms with Crippen LogP contribution in [0.5, 0.6) is 11.5 Å². The molecule has 0 aliphatic carbocycles. The van der Waals surface area contributed by atoms with Gasteiger partial charge in [-0.25, -0.2) is 13.9 Å². The molecule has 4 N–H and O–H groups in total. The van der Waals surface area contributed by atoms with Gasteiger partial charge < -0.3 is 20.7 Å². The number of urea groups is 1. The summed E-state index contributed by atoms with van der Waals surface area (Å²) in [7, 11) is 1.50. The maximum atomic E-state index is 15.0. The van der Waals surface area contributed by atoms with Gasteiger partial charge in [0.2, 0.25) is 0 Å². The molecule has 5 rings (SSSR count). The van der Waals surface area contributed by atoms with Crippen LogP contribution >= 0.6 is 0 Å². The molecule has 10 nitrogen and oxygen atoms in total. The van der Waals surface area contributed by atoms with Crippen molar-refractivity contribution >= 4 is 23.4 Å². The predicted molar refractivity (Wildman–Crippen MR) is 154 cm³/mol. The first-order chi connectivity index (χ1) is 19.6. The topological polar surface area (TPSA) is 122 Å². The predicted octanol–water partition coefficient (Wildman–Crippen LogP) is 5.15. The number of nitrogens with zero attached hydrogens (tertiary/aromatic N) is 3. The molecule has 0 unspecified atom stereocenters. The third kappa shape index (κ3) is 6.36. The van der Waals surface area contributed by atoms with E-state index < -0.39 is 11.8 Å². The maximum absolute atomic E-state index is 15.0. The molecule has 0 saturated carbocycles. The molecular formula is C30H32FN7O3. The zero-order chi connectivity index (χ0) is 29.1.